The number of halogens is 1. The number of hydrogen-bond donors (Lipinski definition) is 1. The number of alkyl halides is 1. The highest BCUT2D eigenvalue weighted by Crippen LogP contribution is 2.34. The Kier molecular flexibility index (Phi) is 7.54. The van der Waals surface area contributed by atoms with Crippen molar-refractivity contribution in [1.82, 2.24) is 0 Å². The van der Waals surface area contributed by atoms with Crippen LogP contribution in [0.15, 0.2) is 17.0 Å². The molecule has 19 heavy (non-hydrogen) atoms. The second kappa shape index (κ2) is 8.64. The number of phenols is 1. The third-order valence-corrected chi connectivity index (χ3v) is 4.65. The van der Waals surface area contributed by atoms with Crippen LogP contribution in [0.2, 0.25) is 0 Å². The molecule has 0 amide bonds. The van der Waals surface area contributed by atoms with E-state index in [-0.39, 0.29) is 11.5 Å². The summed E-state index contributed by atoms with van der Waals surface area (Å²) >= 11 is 5.19. The summed E-state index contributed by atoms with van der Waals surface area (Å²) in [6.45, 7) is 3.58. The molecule has 1 rings (SSSR count). The fraction of sp³-hybridized carbons (Fsp3) is 0.533. The molecule has 4 heteroatoms. The third kappa shape index (κ3) is 4.84. The van der Waals surface area contributed by atoms with Crippen LogP contribution in [0.1, 0.15) is 49.0 Å². The van der Waals surface area contributed by atoms with Gasteiger partial charge in [0, 0.05) is 15.8 Å². The van der Waals surface area contributed by atoms with E-state index < -0.39 is 0 Å². The number of aromatic hydroxyl groups is 1. The van der Waals surface area contributed by atoms with Crippen LogP contribution in [0.5, 0.6) is 5.75 Å². The summed E-state index contributed by atoms with van der Waals surface area (Å²) in [5.74, 6) is 1.15. The lowest BCUT2D eigenvalue weighted by molar-refractivity contribution is 0.101. The lowest BCUT2D eigenvalue weighted by Gasteiger charge is -2.13. The summed E-state index contributed by atoms with van der Waals surface area (Å²) < 4.78 is 0. The highest BCUT2D eigenvalue weighted by Gasteiger charge is 2.14. The Bertz CT molecular complexity index is 432. The molecule has 0 aliphatic heterocycles. The second-order valence-corrected chi connectivity index (χ2v) is 6.42. The number of phenolic OH excluding ortho intramolecular Hbond substituents is 1. The van der Waals surface area contributed by atoms with Crippen LogP contribution in [0.3, 0.4) is 0 Å². The Labute approximate surface area is 128 Å². The zero-order valence-electron chi connectivity index (χ0n) is 11.5. The van der Waals surface area contributed by atoms with Gasteiger partial charge < -0.3 is 5.11 Å². The van der Waals surface area contributed by atoms with Crippen molar-refractivity contribution in [3.63, 3.8) is 0 Å². The molecule has 0 saturated carbocycles. The fourth-order valence-electron chi connectivity index (χ4n) is 1.91. The van der Waals surface area contributed by atoms with Crippen molar-refractivity contribution in [2.24, 2.45) is 0 Å². The van der Waals surface area contributed by atoms with Crippen molar-refractivity contribution in [1.29, 1.82) is 0 Å². The van der Waals surface area contributed by atoms with Gasteiger partial charge in [0.1, 0.15) is 5.75 Å². The number of unbranched alkanes of at least 4 members (excludes halogenated alkanes) is 1. The number of rotatable bonds is 8. The first-order chi connectivity index (χ1) is 9.11. The maximum Gasteiger partial charge on any atom is 0.163 e. The molecule has 0 bridgehead atoms. The zero-order valence-corrected chi connectivity index (χ0v) is 13.9. The first-order valence-corrected chi connectivity index (χ1v) is 8.77. The van der Waals surface area contributed by atoms with Crippen molar-refractivity contribution in [2.75, 3.05) is 11.1 Å². The molecule has 0 spiro atoms. The molecule has 1 aromatic carbocycles. The maximum atomic E-state index is 11.5. The molecule has 2 nitrogen and oxygen atoms in total. The van der Waals surface area contributed by atoms with Crippen LogP contribution >= 0.6 is 27.7 Å². The third-order valence-electron chi connectivity index (χ3n) is 2.90. The van der Waals surface area contributed by atoms with E-state index in [9.17, 15) is 9.90 Å². The van der Waals surface area contributed by atoms with E-state index in [0.29, 0.717) is 5.56 Å². The number of ketones is 1. The lowest BCUT2D eigenvalue weighted by Crippen LogP contribution is -1.98. The molecule has 0 saturated heterocycles. The maximum absolute atomic E-state index is 11.5. The molecule has 0 aromatic heterocycles. The second-order valence-electron chi connectivity index (χ2n) is 4.49. The number of Topliss-reactive ketones (excluding diaryl/α,β-unsaturated/α-hetero) is 1. The summed E-state index contributed by atoms with van der Waals surface area (Å²) in [7, 11) is 0. The molecule has 1 N–H and O–H groups in total. The van der Waals surface area contributed by atoms with Gasteiger partial charge in [-0.15, -0.1) is 11.8 Å². The summed E-state index contributed by atoms with van der Waals surface area (Å²) in [5, 5.41) is 11.3. The Morgan fingerprint density at radius 3 is 2.68 bits per heavy atom. The average molecular weight is 345 g/mol. The van der Waals surface area contributed by atoms with Gasteiger partial charge in [-0.25, -0.2) is 0 Å². The molecule has 0 atom stereocenters. The minimum absolute atomic E-state index is 0.0781. The van der Waals surface area contributed by atoms with E-state index in [4.69, 9.17) is 0 Å². The van der Waals surface area contributed by atoms with Gasteiger partial charge in [0.15, 0.2) is 5.78 Å². The number of thioether (sulfide) groups is 1. The Morgan fingerprint density at radius 2 is 2.11 bits per heavy atom. The van der Waals surface area contributed by atoms with E-state index in [1.54, 1.807) is 17.8 Å². The molecular formula is C15H21BrO2S. The molecule has 106 valence electrons. The molecule has 0 aliphatic rings. The zero-order chi connectivity index (χ0) is 14.3. The topological polar surface area (TPSA) is 37.3 Å². The van der Waals surface area contributed by atoms with E-state index in [1.165, 1.54) is 6.92 Å². The minimum Gasteiger partial charge on any atom is -0.507 e. The lowest BCUT2D eigenvalue weighted by atomic mass is 10.0. The van der Waals surface area contributed by atoms with E-state index in [2.05, 4.69) is 22.9 Å². The molecule has 0 fully saturated rings. The predicted octanol–water partition coefficient (Wildman–Crippen LogP) is 4.81. The Hall–Kier alpha value is -0.480. The SMILES string of the molecule is CCCc1c(SCCCCBr)ccc(C(C)=O)c1O. The van der Waals surface area contributed by atoms with Crippen molar-refractivity contribution in [3.8, 4) is 5.75 Å². The van der Waals surface area contributed by atoms with Gasteiger partial charge in [0.25, 0.3) is 0 Å². The Balaban J connectivity index is 2.90. The average Bonchev–Trinajstić information content (AvgIpc) is 2.38. The van der Waals surface area contributed by atoms with Crippen LogP contribution < -0.4 is 0 Å². The van der Waals surface area contributed by atoms with Gasteiger partial charge in [0.05, 0.1) is 5.56 Å². The standard InChI is InChI=1S/C15H21BrO2S/c1-3-6-13-14(19-10-5-4-9-16)8-7-12(11(2)17)15(13)18/h7-8,18H,3-6,9-10H2,1-2H3. The van der Waals surface area contributed by atoms with Gasteiger partial charge >= 0.3 is 0 Å². The number of benzene rings is 1. The normalized spacial score (nSPS) is 10.7. The molecule has 0 radical (unpaired) electrons. The van der Waals surface area contributed by atoms with Crippen LogP contribution in [0.25, 0.3) is 0 Å². The fourth-order valence-corrected chi connectivity index (χ4v) is 3.41. The van der Waals surface area contributed by atoms with E-state index in [0.717, 1.165) is 47.2 Å². The van der Waals surface area contributed by atoms with Crippen molar-refractivity contribution in [3.05, 3.63) is 23.3 Å². The van der Waals surface area contributed by atoms with Crippen molar-refractivity contribution in [2.45, 2.75) is 44.4 Å². The van der Waals surface area contributed by atoms with Crippen LogP contribution in [-0.4, -0.2) is 22.0 Å². The highest BCUT2D eigenvalue weighted by atomic mass is 79.9. The highest BCUT2D eigenvalue weighted by molar-refractivity contribution is 9.09. The smallest absolute Gasteiger partial charge is 0.163 e. The van der Waals surface area contributed by atoms with Gasteiger partial charge in [-0.1, -0.05) is 29.3 Å². The summed E-state index contributed by atoms with van der Waals surface area (Å²) in [6.07, 6.45) is 4.09. The number of hydrogen-bond acceptors (Lipinski definition) is 3. The summed E-state index contributed by atoms with van der Waals surface area (Å²) in [5.41, 5.74) is 1.37. The quantitative estimate of drug-likeness (QED) is 0.318. The number of carbonyl (C=O) groups is 1. The largest absolute Gasteiger partial charge is 0.507 e. The molecule has 1 aromatic rings. The van der Waals surface area contributed by atoms with Crippen LogP contribution in [0.4, 0.5) is 0 Å². The molecule has 0 aliphatic carbocycles. The first-order valence-electron chi connectivity index (χ1n) is 6.66. The minimum atomic E-state index is -0.0781. The predicted molar refractivity (Wildman–Crippen MR) is 85.9 cm³/mol. The van der Waals surface area contributed by atoms with Crippen LogP contribution in [-0.2, 0) is 6.42 Å². The van der Waals surface area contributed by atoms with Gasteiger partial charge in [-0.2, -0.15) is 0 Å². The Morgan fingerprint density at radius 1 is 1.37 bits per heavy atom. The first kappa shape index (κ1) is 16.6. The van der Waals surface area contributed by atoms with E-state index >= 15 is 0 Å². The summed E-state index contributed by atoms with van der Waals surface area (Å²) in [6, 6.07) is 3.71. The van der Waals surface area contributed by atoms with Gasteiger partial charge in [-0.3, -0.25) is 4.79 Å². The summed E-state index contributed by atoms with van der Waals surface area (Å²) in [4.78, 5) is 12.6. The molecule has 0 unspecified atom stereocenters. The number of carbonyl (C=O) groups excluding carboxylic acids is 1. The van der Waals surface area contributed by atoms with Gasteiger partial charge in [0.2, 0.25) is 0 Å². The van der Waals surface area contributed by atoms with Gasteiger partial charge in [-0.05, 0) is 44.1 Å². The van der Waals surface area contributed by atoms with Crippen molar-refractivity contribution < 1.29 is 9.90 Å². The molecule has 0 heterocycles. The van der Waals surface area contributed by atoms with E-state index in [1.807, 2.05) is 6.07 Å². The molecular weight excluding hydrogens is 324 g/mol. The van der Waals surface area contributed by atoms with Crippen molar-refractivity contribution >= 4 is 33.5 Å². The van der Waals surface area contributed by atoms with Crippen LogP contribution in [0, 0.1) is 0 Å². The monoisotopic (exact) mass is 344 g/mol.